The Kier molecular flexibility index (Phi) is 4.93. The van der Waals surface area contributed by atoms with E-state index in [4.69, 9.17) is 0 Å². The zero-order chi connectivity index (χ0) is 18.7. The van der Waals surface area contributed by atoms with E-state index >= 15 is 0 Å². The molecule has 0 atom stereocenters. The molecule has 2 heterocycles. The molecule has 3 rings (SSSR count). The molecule has 0 amide bonds. The number of benzene rings is 1. The molecule has 0 spiro atoms. The smallest absolute Gasteiger partial charge is 0.253 e. The van der Waals surface area contributed by atoms with Crippen molar-refractivity contribution < 1.29 is 9.18 Å². The van der Waals surface area contributed by atoms with E-state index < -0.39 is 11.4 Å². The standard InChI is InChI=1S/C20H18FN3O2/c1-3-16-12-23(20(26)9-18(16)21)13-19(25)17-10-22-24(14(17)2)11-15-7-5-4-6-8-15/h3-10,12H,1,11,13H2,2H3. The Hall–Kier alpha value is -3.28. The molecule has 1 aromatic carbocycles. The van der Waals surface area contributed by atoms with E-state index in [2.05, 4.69) is 11.7 Å². The van der Waals surface area contributed by atoms with Gasteiger partial charge < -0.3 is 4.57 Å². The zero-order valence-corrected chi connectivity index (χ0v) is 14.4. The maximum Gasteiger partial charge on any atom is 0.253 e. The topological polar surface area (TPSA) is 56.9 Å². The number of aromatic nitrogens is 3. The molecule has 0 fully saturated rings. The molecule has 0 aliphatic carbocycles. The molecule has 0 saturated carbocycles. The van der Waals surface area contributed by atoms with Gasteiger partial charge in [-0.05, 0) is 12.5 Å². The van der Waals surface area contributed by atoms with Gasteiger partial charge in [0.25, 0.3) is 5.56 Å². The summed E-state index contributed by atoms with van der Waals surface area (Å²) in [6.45, 7) is 5.68. The van der Waals surface area contributed by atoms with Crippen LogP contribution in [0.4, 0.5) is 4.39 Å². The average molecular weight is 351 g/mol. The highest BCUT2D eigenvalue weighted by atomic mass is 19.1. The van der Waals surface area contributed by atoms with Crippen molar-refractivity contribution in [2.45, 2.75) is 20.0 Å². The lowest BCUT2D eigenvalue weighted by Gasteiger charge is -2.08. The fraction of sp³-hybridized carbons (Fsp3) is 0.150. The minimum absolute atomic E-state index is 0.175. The van der Waals surface area contributed by atoms with Crippen molar-refractivity contribution in [1.29, 1.82) is 0 Å². The van der Waals surface area contributed by atoms with Gasteiger partial charge in [-0.2, -0.15) is 5.10 Å². The van der Waals surface area contributed by atoms with Crippen molar-refractivity contribution in [3.63, 3.8) is 0 Å². The van der Waals surface area contributed by atoms with Gasteiger partial charge in [-0.15, -0.1) is 0 Å². The number of Topliss-reactive ketones (excluding diaryl/α,β-unsaturated/α-hetero) is 1. The first-order valence-electron chi connectivity index (χ1n) is 8.11. The maximum atomic E-state index is 13.6. The Morgan fingerprint density at radius 3 is 2.73 bits per heavy atom. The third-order valence-electron chi connectivity index (χ3n) is 4.22. The predicted octanol–water partition coefficient (Wildman–Crippen LogP) is 3.07. The lowest BCUT2D eigenvalue weighted by molar-refractivity contribution is 0.0970. The quantitative estimate of drug-likeness (QED) is 0.642. The molecule has 3 aromatic rings. The summed E-state index contributed by atoms with van der Waals surface area (Å²) in [4.78, 5) is 24.5. The number of halogens is 1. The molecular weight excluding hydrogens is 333 g/mol. The maximum absolute atomic E-state index is 13.6. The van der Waals surface area contributed by atoms with E-state index in [1.165, 1.54) is 23.0 Å². The Bertz CT molecular complexity index is 1020. The van der Waals surface area contributed by atoms with Crippen LogP contribution in [0.15, 0.2) is 60.2 Å². The second-order valence-corrected chi connectivity index (χ2v) is 5.96. The summed E-state index contributed by atoms with van der Waals surface area (Å²) in [5, 5.41) is 4.28. The van der Waals surface area contributed by atoms with Gasteiger partial charge in [0, 0.05) is 23.5 Å². The molecule has 0 saturated heterocycles. The number of rotatable bonds is 6. The normalized spacial score (nSPS) is 10.7. The van der Waals surface area contributed by atoms with E-state index in [-0.39, 0.29) is 17.9 Å². The van der Waals surface area contributed by atoms with Crippen molar-refractivity contribution in [3.8, 4) is 0 Å². The Balaban J connectivity index is 1.83. The minimum Gasteiger partial charge on any atom is -0.307 e. The van der Waals surface area contributed by atoms with E-state index in [9.17, 15) is 14.0 Å². The lowest BCUT2D eigenvalue weighted by Crippen LogP contribution is -2.24. The number of carbonyl (C=O) groups is 1. The van der Waals surface area contributed by atoms with Crippen LogP contribution >= 0.6 is 0 Å². The van der Waals surface area contributed by atoms with Gasteiger partial charge in [0.2, 0.25) is 0 Å². The highest BCUT2D eigenvalue weighted by Crippen LogP contribution is 2.12. The summed E-state index contributed by atoms with van der Waals surface area (Å²) >= 11 is 0. The van der Waals surface area contributed by atoms with E-state index in [0.29, 0.717) is 12.1 Å². The van der Waals surface area contributed by atoms with Crippen LogP contribution in [0.25, 0.3) is 6.08 Å². The average Bonchev–Trinajstić information content (AvgIpc) is 2.99. The number of ketones is 1. The highest BCUT2D eigenvalue weighted by molar-refractivity contribution is 5.96. The number of pyridine rings is 1. The van der Waals surface area contributed by atoms with Crippen LogP contribution in [0.1, 0.15) is 27.2 Å². The van der Waals surface area contributed by atoms with Crippen LogP contribution in [0.3, 0.4) is 0 Å². The highest BCUT2D eigenvalue weighted by Gasteiger charge is 2.16. The molecule has 26 heavy (non-hydrogen) atoms. The second-order valence-electron chi connectivity index (χ2n) is 5.96. The summed E-state index contributed by atoms with van der Waals surface area (Å²) in [6.07, 6.45) is 4.11. The Morgan fingerprint density at radius 2 is 2.04 bits per heavy atom. The fourth-order valence-electron chi connectivity index (χ4n) is 2.72. The van der Waals surface area contributed by atoms with Crippen molar-refractivity contribution in [2.75, 3.05) is 0 Å². The first kappa shape index (κ1) is 17.5. The molecular formula is C20H18FN3O2. The second kappa shape index (κ2) is 7.31. The summed E-state index contributed by atoms with van der Waals surface area (Å²) < 4.78 is 16.5. The number of nitrogens with zero attached hydrogens (tertiary/aromatic N) is 3. The van der Waals surface area contributed by atoms with E-state index in [1.807, 2.05) is 37.3 Å². The van der Waals surface area contributed by atoms with Crippen LogP contribution in [-0.2, 0) is 13.1 Å². The van der Waals surface area contributed by atoms with Crippen molar-refractivity contribution in [1.82, 2.24) is 14.3 Å². The van der Waals surface area contributed by atoms with Crippen LogP contribution < -0.4 is 5.56 Å². The first-order valence-corrected chi connectivity index (χ1v) is 8.11. The molecule has 2 aromatic heterocycles. The summed E-state index contributed by atoms with van der Waals surface area (Å²) in [6, 6.07) is 10.6. The first-order chi connectivity index (χ1) is 12.5. The molecule has 6 heteroatoms. The van der Waals surface area contributed by atoms with E-state index in [1.54, 1.807) is 4.68 Å². The van der Waals surface area contributed by atoms with Crippen molar-refractivity contribution in [2.24, 2.45) is 0 Å². The fourth-order valence-corrected chi connectivity index (χ4v) is 2.72. The summed E-state index contributed by atoms with van der Waals surface area (Å²) in [5.41, 5.74) is 1.84. The molecule has 0 aliphatic heterocycles. The van der Waals surface area contributed by atoms with Crippen molar-refractivity contribution in [3.05, 3.63) is 93.9 Å². The predicted molar refractivity (Wildman–Crippen MR) is 97.6 cm³/mol. The van der Waals surface area contributed by atoms with Gasteiger partial charge in [-0.25, -0.2) is 4.39 Å². The number of hydrogen-bond donors (Lipinski definition) is 0. The Morgan fingerprint density at radius 1 is 1.31 bits per heavy atom. The van der Waals surface area contributed by atoms with Gasteiger partial charge in [-0.3, -0.25) is 14.3 Å². The monoisotopic (exact) mass is 351 g/mol. The van der Waals surface area contributed by atoms with Crippen molar-refractivity contribution >= 4 is 11.9 Å². The van der Waals surface area contributed by atoms with Crippen LogP contribution in [0.5, 0.6) is 0 Å². The summed E-state index contributed by atoms with van der Waals surface area (Å²) in [5.74, 6) is -0.911. The third-order valence-corrected chi connectivity index (χ3v) is 4.22. The molecule has 0 radical (unpaired) electrons. The molecule has 0 unspecified atom stereocenters. The minimum atomic E-state index is -0.652. The molecule has 0 bridgehead atoms. The summed E-state index contributed by atoms with van der Waals surface area (Å²) in [7, 11) is 0. The number of carbonyl (C=O) groups excluding carboxylic acids is 1. The molecule has 0 aliphatic rings. The van der Waals surface area contributed by atoms with Gasteiger partial charge in [0.15, 0.2) is 5.78 Å². The Labute approximate surface area is 150 Å². The van der Waals surface area contributed by atoms with E-state index in [0.717, 1.165) is 17.3 Å². The third kappa shape index (κ3) is 3.54. The van der Waals surface area contributed by atoms with Crippen LogP contribution in [0, 0.1) is 12.7 Å². The van der Waals surface area contributed by atoms with Crippen LogP contribution in [-0.4, -0.2) is 20.1 Å². The van der Waals surface area contributed by atoms with Gasteiger partial charge in [0.05, 0.1) is 24.8 Å². The number of hydrogen-bond acceptors (Lipinski definition) is 3. The largest absolute Gasteiger partial charge is 0.307 e. The van der Waals surface area contributed by atoms with Gasteiger partial charge in [-0.1, -0.05) is 43.0 Å². The van der Waals surface area contributed by atoms with Crippen LogP contribution in [0.2, 0.25) is 0 Å². The zero-order valence-electron chi connectivity index (χ0n) is 14.4. The SMILES string of the molecule is C=Cc1cn(CC(=O)c2cnn(Cc3ccccc3)c2C)c(=O)cc1F. The molecule has 132 valence electrons. The molecule has 0 N–H and O–H groups in total. The van der Waals surface area contributed by atoms with Gasteiger partial charge in [0.1, 0.15) is 5.82 Å². The molecule has 5 nitrogen and oxygen atoms in total. The lowest BCUT2D eigenvalue weighted by atomic mass is 10.1. The van der Waals surface area contributed by atoms with Gasteiger partial charge >= 0.3 is 0 Å².